The van der Waals surface area contributed by atoms with Gasteiger partial charge < -0.3 is 14.6 Å². The SMILES string of the molecule is CCN(CC)C(=O)c1ccc(NC(=O)c2cc(-c3cc(C)oc3C)nc3c2cnn3C(C)C)cc1. The van der Waals surface area contributed by atoms with Gasteiger partial charge in [-0.15, -0.1) is 0 Å². The summed E-state index contributed by atoms with van der Waals surface area (Å²) in [5.41, 5.74) is 3.79. The number of aryl methyl sites for hydroxylation is 2. The van der Waals surface area contributed by atoms with Gasteiger partial charge >= 0.3 is 0 Å². The largest absolute Gasteiger partial charge is 0.466 e. The summed E-state index contributed by atoms with van der Waals surface area (Å²) in [6.45, 7) is 13.0. The molecule has 3 aromatic heterocycles. The molecule has 1 aromatic carbocycles. The molecule has 182 valence electrons. The molecule has 0 spiro atoms. The van der Waals surface area contributed by atoms with Gasteiger partial charge in [-0.3, -0.25) is 9.59 Å². The zero-order chi connectivity index (χ0) is 25.3. The van der Waals surface area contributed by atoms with Crippen LogP contribution in [0.5, 0.6) is 0 Å². The fraction of sp³-hybridized carbons (Fsp3) is 0.333. The van der Waals surface area contributed by atoms with Gasteiger partial charge in [0.05, 0.1) is 22.8 Å². The molecule has 0 aliphatic rings. The van der Waals surface area contributed by atoms with E-state index in [1.807, 2.05) is 52.3 Å². The van der Waals surface area contributed by atoms with E-state index in [4.69, 9.17) is 9.40 Å². The first kappa shape index (κ1) is 24.2. The fourth-order valence-corrected chi connectivity index (χ4v) is 4.19. The molecule has 8 heteroatoms. The van der Waals surface area contributed by atoms with E-state index in [-0.39, 0.29) is 17.9 Å². The standard InChI is InChI=1S/C27H31N5O3/c1-7-31(8-2)27(34)19-9-11-20(12-10-19)29-26(33)22-14-24(21-13-17(5)35-18(21)6)30-25-23(22)15-28-32(25)16(3)4/h9-16H,7-8H2,1-6H3,(H,29,33). The summed E-state index contributed by atoms with van der Waals surface area (Å²) in [7, 11) is 0. The second kappa shape index (κ2) is 9.74. The van der Waals surface area contributed by atoms with Gasteiger partial charge in [0.2, 0.25) is 0 Å². The highest BCUT2D eigenvalue weighted by atomic mass is 16.3. The summed E-state index contributed by atoms with van der Waals surface area (Å²) in [4.78, 5) is 32.6. The molecule has 0 saturated carbocycles. The Kier molecular flexibility index (Phi) is 6.73. The van der Waals surface area contributed by atoms with Crippen molar-refractivity contribution in [3.63, 3.8) is 0 Å². The Morgan fingerprint density at radius 1 is 1.09 bits per heavy atom. The molecule has 0 bridgehead atoms. The quantitative estimate of drug-likeness (QED) is 0.376. The Morgan fingerprint density at radius 2 is 1.77 bits per heavy atom. The predicted molar refractivity (Wildman–Crippen MR) is 137 cm³/mol. The van der Waals surface area contributed by atoms with E-state index in [1.54, 1.807) is 41.4 Å². The molecule has 1 N–H and O–H groups in total. The van der Waals surface area contributed by atoms with Crippen LogP contribution in [0.4, 0.5) is 5.69 Å². The Bertz CT molecular complexity index is 1380. The lowest BCUT2D eigenvalue weighted by molar-refractivity contribution is 0.0773. The number of carbonyl (C=O) groups excluding carboxylic acids is 2. The Labute approximate surface area is 204 Å². The molecule has 4 rings (SSSR count). The van der Waals surface area contributed by atoms with Crippen molar-refractivity contribution in [1.82, 2.24) is 19.7 Å². The lowest BCUT2D eigenvalue weighted by Crippen LogP contribution is -2.30. The maximum absolute atomic E-state index is 13.4. The molecule has 4 aromatic rings. The predicted octanol–water partition coefficient (Wildman–Crippen LogP) is 5.62. The van der Waals surface area contributed by atoms with Crippen molar-refractivity contribution in [2.75, 3.05) is 18.4 Å². The van der Waals surface area contributed by atoms with E-state index < -0.39 is 0 Å². The molecule has 0 aliphatic heterocycles. The number of benzene rings is 1. The molecule has 35 heavy (non-hydrogen) atoms. The number of hydrogen-bond donors (Lipinski definition) is 1. The molecule has 0 radical (unpaired) electrons. The van der Waals surface area contributed by atoms with Gasteiger partial charge in [0, 0.05) is 35.9 Å². The van der Waals surface area contributed by atoms with E-state index in [0.717, 1.165) is 17.1 Å². The smallest absolute Gasteiger partial charge is 0.256 e. The highest BCUT2D eigenvalue weighted by molar-refractivity contribution is 6.12. The Balaban J connectivity index is 1.70. The number of furan rings is 1. The number of pyridine rings is 1. The number of carbonyl (C=O) groups is 2. The van der Waals surface area contributed by atoms with Crippen molar-refractivity contribution in [1.29, 1.82) is 0 Å². The number of nitrogens with zero attached hydrogens (tertiary/aromatic N) is 4. The number of nitrogens with one attached hydrogen (secondary N) is 1. The van der Waals surface area contributed by atoms with Gasteiger partial charge in [-0.25, -0.2) is 9.67 Å². The van der Waals surface area contributed by atoms with Crippen LogP contribution in [0.1, 0.15) is 66.0 Å². The van der Waals surface area contributed by atoms with Crippen LogP contribution < -0.4 is 5.32 Å². The number of anilines is 1. The third-order valence-electron chi connectivity index (χ3n) is 6.06. The van der Waals surface area contributed by atoms with E-state index >= 15 is 0 Å². The van der Waals surface area contributed by atoms with Crippen molar-refractivity contribution in [2.24, 2.45) is 0 Å². The van der Waals surface area contributed by atoms with Gasteiger partial charge in [0.15, 0.2) is 5.65 Å². The summed E-state index contributed by atoms with van der Waals surface area (Å²) in [5.74, 6) is 1.22. The normalized spacial score (nSPS) is 11.3. The van der Waals surface area contributed by atoms with Gasteiger partial charge in [0.1, 0.15) is 11.5 Å². The minimum atomic E-state index is -0.275. The molecular formula is C27H31N5O3. The topological polar surface area (TPSA) is 93.3 Å². The van der Waals surface area contributed by atoms with Crippen LogP contribution in [0.15, 0.2) is 47.0 Å². The van der Waals surface area contributed by atoms with Crippen LogP contribution >= 0.6 is 0 Å². The zero-order valence-corrected chi connectivity index (χ0v) is 21.0. The molecule has 0 unspecified atom stereocenters. The van der Waals surface area contributed by atoms with Crippen LogP contribution in [0.2, 0.25) is 0 Å². The minimum Gasteiger partial charge on any atom is -0.466 e. The van der Waals surface area contributed by atoms with E-state index in [0.29, 0.717) is 46.6 Å². The van der Waals surface area contributed by atoms with Gasteiger partial charge in [-0.05, 0) is 77.9 Å². The first-order valence-electron chi connectivity index (χ1n) is 11.9. The number of fused-ring (bicyclic) bond motifs is 1. The molecule has 0 atom stereocenters. The summed E-state index contributed by atoms with van der Waals surface area (Å²) < 4.78 is 7.52. The van der Waals surface area contributed by atoms with Gasteiger partial charge in [0.25, 0.3) is 11.8 Å². The third kappa shape index (κ3) is 4.69. The number of rotatable bonds is 7. The molecular weight excluding hydrogens is 442 g/mol. The monoisotopic (exact) mass is 473 g/mol. The van der Waals surface area contributed by atoms with E-state index in [2.05, 4.69) is 10.4 Å². The lowest BCUT2D eigenvalue weighted by Gasteiger charge is -2.18. The van der Waals surface area contributed by atoms with Crippen molar-refractivity contribution in [3.05, 3.63) is 65.2 Å². The first-order chi connectivity index (χ1) is 16.7. The second-order valence-electron chi connectivity index (χ2n) is 8.81. The lowest BCUT2D eigenvalue weighted by atomic mass is 10.1. The maximum atomic E-state index is 13.4. The molecule has 2 amide bonds. The van der Waals surface area contributed by atoms with Gasteiger partial charge in [-0.1, -0.05) is 0 Å². The molecule has 0 saturated heterocycles. The summed E-state index contributed by atoms with van der Waals surface area (Å²) in [6, 6.07) is 10.7. The average molecular weight is 474 g/mol. The summed E-state index contributed by atoms with van der Waals surface area (Å²) in [6.07, 6.45) is 1.68. The Morgan fingerprint density at radius 3 is 2.34 bits per heavy atom. The van der Waals surface area contributed by atoms with Crippen LogP contribution in [-0.2, 0) is 0 Å². The second-order valence-corrected chi connectivity index (χ2v) is 8.81. The van der Waals surface area contributed by atoms with Crippen LogP contribution in [0.3, 0.4) is 0 Å². The zero-order valence-electron chi connectivity index (χ0n) is 21.0. The average Bonchev–Trinajstić information content (AvgIpc) is 3.42. The molecule has 0 fully saturated rings. The summed E-state index contributed by atoms with van der Waals surface area (Å²) >= 11 is 0. The highest BCUT2D eigenvalue weighted by Gasteiger charge is 2.21. The third-order valence-corrected chi connectivity index (χ3v) is 6.06. The van der Waals surface area contributed by atoms with Crippen molar-refractivity contribution in [3.8, 4) is 11.3 Å². The van der Waals surface area contributed by atoms with Crippen molar-refractivity contribution < 1.29 is 14.0 Å². The van der Waals surface area contributed by atoms with E-state index in [9.17, 15) is 9.59 Å². The molecule has 0 aliphatic carbocycles. The molecule has 3 heterocycles. The highest BCUT2D eigenvalue weighted by Crippen LogP contribution is 2.30. The first-order valence-corrected chi connectivity index (χ1v) is 11.9. The van der Waals surface area contributed by atoms with Crippen molar-refractivity contribution in [2.45, 2.75) is 47.6 Å². The Hall–Kier alpha value is -3.94. The minimum absolute atomic E-state index is 0.0276. The summed E-state index contributed by atoms with van der Waals surface area (Å²) in [5, 5.41) is 8.11. The maximum Gasteiger partial charge on any atom is 0.256 e. The van der Waals surface area contributed by atoms with Crippen molar-refractivity contribution >= 4 is 28.5 Å². The van der Waals surface area contributed by atoms with Crippen LogP contribution in [-0.4, -0.2) is 44.6 Å². The number of hydrogen-bond acceptors (Lipinski definition) is 5. The van der Waals surface area contributed by atoms with Crippen LogP contribution in [0.25, 0.3) is 22.3 Å². The fourth-order valence-electron chi connectivity index (χ4n) is 4.19. The van der Waals surface area contributed by atoms with E-state index in [1.165, 1.54) is 0 Å². The van der Waals surface area contributed by atoms with Gasteiger partial charge in [-0.2, -0.15) is 5.10 Å². The molecule has 8 nitrogen and oxygen atoms in total. The number of aromatic nitrogens is 3. The number of amides is 2. The van der Waals surface area contributed by atoms with Crippen LogP contribution in [0, 0.1) is 13.8 Å².